The molecule has 0 bridgehead atoms. The lowest BCUT2D eigenvalue weighted by Crippen LogP contribution is -2.39. The lowest BCUT2D eigenvalue weighted by molar-refractivity contribution is 0.209. The second-order valence-electron chi connectivity index (χ2n) is 5.22. The van der Waals surface area contributed by atoms with E-state index in [4.69, 9.17) is 4.74 Å². The molecule has 0 heterocycles. The number of anilines is 1. The van der Waals surface area contributed by atoms with Crippen LogP contribution in [-0.2, 0) is 0 Å². The first-order valence-corrected chi connectivity index (χ1v) is 6.18. The molecule has 1 unspecified atom stereocenters. The van der Waals surface area contributed by atoms with Gasteiger partial charge in [-0.05, 0) is 31.4 Å². The van der Waals surface area contributed by atoms with Crippen molar-refractivity contribution in [1.29, 1.82) is 0 Å². The molecule has 2 rings (SSSR count). The van der Waals surface area contributed by atoms with Gasteiger partial charge in [-0.2, -0.15) is 0 Å². The first kappa shape index (κ1) is 12.2. The second kappa shape index (κ2) is 4.96. The molecule has 1 aliphatic rings. The van der Waals surface area contributed by atoms with Crippen molar-refractivity contribution < 1.29 is 9.84 Å². The summed E-state index contributed by atoms with van der Waals surface area (Å²) >= 11 is 0. The van der Waals surface area contributed by atoms with Crippen molar-refractivity contribution in [2.24, 2.45) is 5.92 Å². The largest absolute Gasteiger partial charge is 0.497 e. The van der Waals surface area contributed by atoms with Gasteiger partial charge in [-0.1, -0.05) is 18.9 Å². The van der Waals surface area contributed by atoms with E-state index in [1.807, 2.05) is 24.3 Å². The van der Waals surface area contributed by atoms with Crippen LogP contribution >= 0.6 is 0 Å². The molecule has 1 atom stereocenters. The number of nitrogens with one attached hydrogen (secondary N) is 1. The smallest absolute Gasteiger partial charge is 0.120 e. The number of rotatable bonds is 6. The third-order valence-corrected chi connectivity index (χ3v) is 3.30. The zero-order chi connectivity index (χ0) is 12.3. The topological polar surface area (TPSA) is 41.5 Å². The fourth-order valence-corrected chi connectivity index (χ4v) is 2.16. The maximum absolute atomic E-state index is 9.56. The Morgan fingerprint density at radius 2 is 2.24 bits per heavy atom. The van der Waals surface area contributed by atoms with Crippen molar-refractivity contribution in [3.8, 4) is 5.75 Å². The van der Waals surface area contributed by atoms with Crippen molar-refractivity contribution in [1.82, 2.24) is 0 Å². The summed E-state index contributed by atoms with van der Waals surface area (Å²) in [5.74, 6) is 1.62. The predicted octanol–water partition coefficient (Wildman–Crippen LogP) is 2.66. The Labute approximate surface area is 103 Å². The molecule has 3 heteroatoms. The number of aliphatic hydroxyl groups excluding tert-OH is 1. The summed E-state index contributed by atoms with van der Waals surface area (Å²) in [7, 11) is 1.66. The predicted molar refractivity (Wildman–Crippen MR) is 69.4 cm³/mol. The van der Waals surface area contributed by atoms with Gasteiger partial charge in [0, 0.05) is 11.8 Å². The molecule has 2 N–H and O–H groups in total. The number of hydrogen-bond donors (Lipinski definition) is 2. The second-order valence-corrected chi connectivity index (χ2v) is 5.22. The summed E-state index contributed by atoms with van der Waals surface area (Å²) in [4.78, 5) is 0. The van der Waals surface area contributed by atoms with Gasteiger partial charge in [-0.3, -0.25) is 0 Å². The van der Waals surface area contributed by atoms with E-state index in [2.05, 4.69) is 12.2 Å². The average Bonchev–Trinajstić information content (AvgIpc) is 3.13. The highest BCUT2D eigenvalue weighted by Crippen LogP contribution is 2.38. The quantitative estimate of drug-likeness (QED) is 0.796. The average molecular weight is 235 g/mol. The van der Waals surface area contributed by atoms with Gasteiger partial charge in [0.2, 0.25) is 0 Å². The number of aliphatic hydroxyl groups is 1. The van der Waals surface area contributed by atoms with Crippen molar-refractivity contribution in [2.75, 3.05) is 19.0 Å². The molecule has 1 aromatic rings. The van der Waals surface area contributed by atoms with Crippen LogP contribution in [0.5, 0.6) is 5.75 Å². The third kappa shape index (κ3) is 3.37. The molecule has 1 aliphatic carbocycles. The van der Waals surface area contributed by atoms with Crippen LogP contribution in [0, 0.1) is 5.92 Å². The van der Waals surface area contributed by atoms with Gasteiger partial charge < -0.3 is 15.2 Å². The Balaban J connectivity index is 2.05. The maximum Gasteiger partial charge on any atom is 0.120 e. The number of methoxy groups -OCH3 is 1. The summed E-state index contributed by atoms with van der Waals surface area (Å²) in [5.41, 5.74) is 0.773. The van der Waals surface area contributed by atoms with E-state index in [1.54, 1.807) is 7.11 Å². The van der Waals surface area contributed by atoms with Crippen molar-refractivity contribution >= 4 is 5.69 Å². The molecule has 0 spiro atoms. The minimum Gasteiger partial charge on any atom is -0.497 e. The van der Waals surface area contributed by atoms with Gasteiger partial charge in [-0.25, -0.2) is 0 Å². The summed E-state index contributed by atoms with van der Waals surface area (Å²) in [6, 6.07) is 7.84. The van der Waals surface area contributed by atoms with E-state index in [-0.39, 0.29) is 12.1 Å². The standard InChI is InChI=1S/C14H21NO2/c1-14(10-16,9-11-6-7-11)15-12-4-3-5-13(8-12)17-2/h3-5,8,11,15-16H,6-7,9-10H2,1-2H3. The van der Waals surface area contributed by atoms with E-state index in [1.165, 1.54) is 12.8 Å². The Kier molecular flexibility index (Phi) is 3.57. The van der Waals surface area contributed by atoms with E-state index in [9.17, 15) is 5.11 Å². The number of ether oxygens (including phenoxy) is 1. The van der Waals surface area contributed by atoms with Gasteiger partial charge in [-0.15, -0.1) is 0 Å². The molecule has 0 saturated heterocycles. The molecule has 17 heavy (non-hydrogen) atoms. The van der Waals surface area contributed by atoms with Crippen LogP contribution in [0.3, 0.4) is 0 Å². The van der Waals surface area contributed by atoms with Gasteiger partial charge in [0.15, 0.2) is 0 Å². The van der Waals surface area contributed by atoms with E-state index in [0.29, 0.717) is 0 Å². The van der Waals surface area contributed by atoms with Crippen molar-refractivity contribution in [3.05, 3.63) is 24.3 Å². The number of benzene rings is 1. The highest BCUT2D eigenvalue weighted by molar-refractivity contribution is 5.50. The summed E-state index contributed by atoms with van der Waals surface area (Å²) < 4.78 is 5.19. The first-order chi connectivity index (χ1) is 8.15. The Morgan fingerprint density at radius 3 is 2.82 bits per heavy atom. The minimum atomic E-state index is -0.229. The lowest BCUT2D eigenvalue weighted by Gasteiger charge is -2.30. The van der Waals surface area contributed by atoms with E-state index < -0.39 is 0 Å². The molecule has 1 aromatic carbocycles. The van der Waals surface area contributed by atoms with Gasteiger partial charge in [0.05, 0.1) is 19.3 Å². The van der Waals surface area contributed by atoms with Crippen LogP contribution in [-0.4, -0.2) is 24.4 Å². The molecule has 0 radical (unpaired) electrons. The zero-order valence-corrected chi connectivity index (χ0v) is 10.6. The molecule has 3 nitrogen and oxygen atoms in total. The first-order valence-electron chi connectivity index (χ1n) is 6.18. The van der Waals surface area contributed by atoms with E-state index >= 15 is 0 Å². The van der Waals surface area contributed by atoms with E-state index in [0.717, 1.165) is 23.8 Å². The monoisotopic (exact) mass is 235 g/mol. The minimum absolute atomic E-state index is 0.153. The molecular weight excluding hydrogens is 214 g/mol. The molecule has 0 aliphatic heterocycles. The maximum atomic E-state index is 9.56. The Bertz CT molecular complexity index is 376. The highest BCUT2D eigenvalue weighted by Gasteiger charge is 2.32. The lowest BCUT2D eigenvalue weighted by atomic mass is 9.95. The van der Waals surface area contributed by atoms with Crippen LogP contribution in [0.2, 0.25) is 0 Å². The molecule has 0 amide bonds. The van der Waals surface area contributed by atoms with Crippen molar-refractivity contribution in [2.45, 2.75) is 31.7 Å². The summed E-state index contributed by atoms with van der Waals surface area (Å²) in [6.07, 6.45) is 3.63. The summed E-state index contributed by atoms with van der Waals surface area (Å²) in [5, 5.41) is 13.0. The third-order valence-electron chi connectivity index (χ3n) is 3.30. The SMILES string of the molecule is COc1cccc(NC(C)(CO)CC2CC2)c1. The molecule has 0 aromatic heterocycles. The van der Waals surface area contributed by atoms with Crippen LogP contribution in [0.15, 0.2) is 24.3 Å². The Morgan fingerprint density at radius 1 is 1.47 bits per heavy atom. The highest BCUT2D eigenvalue weighted by atomic mass is 16.5. The van der Waals surface area contributed by atoms with Crippen LogP contribution in [0.4, 0.5) is 5.69 Å². The fraction of sp³-hybridized carbons (Fsp3) is 0.571. The molecule has 94 valence electrons. The van der Waals surface area contributed by atoms with Crippen LogP contribution in [0.1, 0.15) is 26.2 Å². The van der Waals surface area contributed by atoms with Crippen LogP contribution < -0.4 is 10.1 Å². The van der Waals surface area contributed by atoms with Gasteiger partial charge >= 0.3 is 0 Å². The van der Waals surface area contributed by atoms with Crippen molar-refractivity contribution in [3.63, 3.8) is 0 Å². The van der Waals surface area contributed by atoms with Gasteiger partial charge in [0.1, 0.15) is 5.75 Å². The number of hydrogen-bond acceptors (Lipinski definition) is 3. The Hall–Kier alpha value is -1.22. The molecule has 1 saturated carbocycles. The molecule has 1 fully saturated rings. The summed E-state index contributed by atoms with van der Waals surface area (Å²) in [6.45, 7) is 2.23. The normalized spacial score (nSPS) is 18.5. The molecular formula is C14H21NO2. The van der Waals surface area contributed by atoms with Crippen LogP contribution in [0.25, 0.3) is 0 Å². The fourth-order valence-electron chi connectivity index (χ4n) is 2.16. The zero-order valence-electron chi connectivity index (χ0n) is 10.6. The van der Waals surface area contributed by atoms with Gasteiger partial charge in [0.25, 0.3) is 0 Å².